The van der Waals surface area contributed by atoms with Gasteiger partial charge < -0.3 is 14.7 Å². The predicted octanol–water partition coefficient (Wildman–Crippen LogP) is 0.0490. The fourth-order valence-corrected chi connectivity index (χ4v) is 1.81. The van der Waals surface area contributed by atoms with Crippen molar-refractivity contribution < 1.29 is 47.3 Å². The van der Waals surface area contributed by atoms with Crippen LogP contribution < -0.4 is 5.26 Å². The molecule has 0 saturated heterocycles. The highest BCUT2D eigenvalue weighted by Crippen LogP contribution is 2.30. The monoisotopic (exact) mass is 329 g/mol. The topological polar surface area (TPSA) is 111 Å². The van der Waals surface area contributed by atoms with Gasteiger partial charge in [-0.3, -0.25) is 9.83 Å². The third-order valence-electron chi connectivity index (χ3n) is 2.50. The maximum atomic E-state index is 12.9. The molecule has 1 aliphatic rings. The number of hydrogen-bond donors (Lipinski definition) is 0. The molecule has 0 amide bonds. The molecule has 21 heavy (non-hydrogen) atoms. The SMILES string of the molecule is O=C(COC(=O)C(F)(F)SOO[O-])OC1CCCCC1=O. The number of carbonyl (C=O) groups excluding carboxylic acids is 3. The molecule has 0 heterocycles. The van der Waals surface area contributed by atoms with Gasteiger partial charge >= 0.3 is 17.2 Å². The Balaban J connectivity index is 2.35. The van der Waals surface area contributed by atoms with E-state index in [2.05, 4.69) is 14.1 Å². The van der Waals surface area contributed by atoms with Gasteiger partial charge in [0, 0.05) is 6.42 Å². The van der Waals surface area contributed by atoms with Crippen molar-refractivity contribution in [2.75, 3.05) is 6.61 Å². The number of halogens is 2. The predicted molar refractivity (Wildman–Crippen MR) is 59.0 cm³/mol. The molecule has 1 saturated carbocycles. The number of carbonyl (C=O) groups is 3. The van der Waals surface area contributed by atoms with Gasteiger partial charge in [0.1, 0.15) is 12.0 Å². The summed E-state index contributed by atoms with van der Waals surface area (Å²) in [5.74, 6) is -3.50. The zero-order valence-corrected chi connectivity index (χ0v) is 11.4. The summed E-state index contributed by atoms with van der Waals surface area (Å²) in [4.78, 5) is 33.6. The number of esters is 2. The van der Waals surface area contributed by atoms with E-state index in [9.17, 15) is 28.4 Å². The van der Waals surface area contributed by atoms with Crippen LogP contribution in [0.4, 0.5) is 8.78 Å². The highest BCUT2D eigenvalue weighted by molar-refractivity contribution is 7.96. The molecular formula is C10H11F2O8S-. The van der Waals surface area contributed by atoms with Gasteiger partial charge in [-0.05, 0) is 19.3 Å². The first kappa shape index (κ1) is 17.8. The molecule has 8 nitrogen and oxygen atoms in total. The van der Waals surface area contributed by atoms with E-state index in [1.54, 1.807) is 0 Å². The maximum Gasteiger partial charge on any atom is 0.415 e. The van der Waals surface area contributed by atoms with Gasteiger partial charge in [-0.25, -0.2) is 9.59 Å². The van der Waals surface area contributed by atoms with Crippen LogP contribution in [-0.2, 0) is 33.2 Å². The Morgan fingerprint density at radius 3 is 2.71 bits per heavy atom. The lowest BCUT2D eigenvalue weighted by Crippen LogP contribution is -2.34. The highest BCUT2D eigenvalue weighted by atomic mass is 32.2. The van der Waals surface area contributed by atoms with Crippen molar-refractivity contribution in [1.29, 1.82) is 0 Å². The molecule has 1 aliphatic carbocycles. The number of rotatable bonds is 7. The fraction of sp³-hybridized carbons (Fsp3) is 0.700. The smallest absolute Gasteiger partial charge is 0.415 e. The van der Waals surface area contributed by atoms with Crippen LogP contribution in [-0.4, -0.2) is 35.7 Å². The summed E-state index contributed by atoms with van der Waals surface area (Å²) < 4.78 is 37.9. The second-order valence-corrected chi connectivity index (χ2v) is 4.82. The number of ketones is 1. The van der Waals surface area contributed by atoms with Gasteiger partial charge in [-0.15, -0.1) is 0 Å². The van der Waals surface area contributed by atoms with Gasteiger partial charge in [0.2, 0.25) is 0 Å². The van der Waals surface area contributed by atoms with Crippen LogP contribution in [0.3, 0.4) is 0 Å². The minimum atomic E-state index is -4.23. The molecule has 1 rings (SSSR count). The van der Waals surface area contributed by atoms with Crippen LogP contribution in [0, 0.1) is 0 Å². The lowest BCUT2D eigenvalue weighted by molar-refractivity contribution is -0.777. The van der Waals surface area contributed by atoms with E-state index in [4.69, 9.17) is 4.74 Å². The summed E-state index contributed by atoms with van der Waals surface area (Å²) in [6, 6.07) is 0. The van der Waals surface area contributed by atoms with Gasteiger partial charge in [-0.1, -0.05) is 0 Å². The summed E-state index contributed by atoms with van der Waals surface area (Å²) in [7, 11) is 0. The first-order valence-electron chi connectivity index (χ1n) is 5.78. The molecule has 1 atom stereocenters. The molecule has 1 fully saturated rings. The maximum absolute atomic E-state index is 12.9. The van der Waals surface area contributed by atoms with Crippen LogP contribution in [0.15, 0.2) is 0 Å². The van der Waals surface area contributed by atoms with Crippen molar-refractivity contribution in [3.05, 3.63) is 0 Å². The summed E-state index contributed by atoms with van der Waals surface area (Å²) in [5.41, 5.74) is 0. The molecule has 0 aromatic rings. The summed E-state index contributed by atoms with van der Waals surface area (Å²) in [6.07, 6.45) is 1.09. The van der Waals surface area contributed by atoms with Gasteiger partial charge in [-0.2, -0.15) is 13.1 Å². The normalized spacial score (nSPS) is 19.2. The van der Waals surface area contributed by atoms with Crippen molar-refractivity contribution in [3.8, 4) is 0 Å². The zero-order valence-electron chi connectivity index (χ0n) is 10.5. The van der Waals surface area contributed by atoms with Crippen LogP contribution in [0.5, 0.6) is 0 Å². The average Bonchev–Trinajstić information content (AvgIpc) is 2.45. The fourth-order valence-electron chi connectivity index (χ4n) is 1.57. The lowest BCUT2D eigenvalue weighted by Gasteiger charge is -2.20. The first-order chi connectivity index (χ1) is 9.86. The molecule has 1 unspecified atom stereocenters. The Kier molecular flexibility index (Phi) is 6.95. The average molecular weight is 329 g/mol. The third-order valence-corrected chi connectivity index (χ3v) is 3.00. The second-order valence-electron chi connectivity index (χ2n) is 4.00. The van der Waals surface area contributed by atoms with Gasteiger partial charge in [0.25, 0.3) is 0 Å². The Morgan fingerprint density at radius 1 is 1.38 bits per heavy atom. The second kappa shape index (κ2) is 8.22. The van der Waals surface area contributed by atoms with Gasteiger partial charge in [0.05, 0.1) is 0 Å². The minimum absolute atomic E-state index is 0.261. The molecule has 0 aromatic heterocycles. The van der Waals surface area contributed by atoms with Gasteiger partial charge in [0.15, 0.2) is 18.5 Å². The molecule has 0 aromatic carbocycles. The molecular weight excluding hydrogens is 318 g/mol. The van der Waals surface area contributed by atoms with Crippen molar-refractivity contribution in [2.45, 2.75) is 37.0 Å². The van der Waals surface area contributed by atoms with Crippen LogP contribution >= 0.6 is 12.0 Å². The zero-order chi connectivity index (χ0) is 15.9. The Labute approximate surface area is 121 Å². The van der Waals surface area contributed by atoms with E-state index in [1.807, 2.05) is 0 Å². The van der Waals surface area contributed by atoms with E-state index >= 15 is 0 Å². The van der Waals surface area contributed by atoms with E-state index in [0.29, 0.717) is 19.3 Å². The van der Waals surface area contributed by atoms with E-state index in [0.717, 1.165) is 0 Å². The highest BCUT2D eigenvalue weighted by Gasteiger charge is 2.44. The lowest BCUT2D eigenvalue weighted by atomic mass is 9.96. The number of Topliss-reactive ketones (excluding diaryl/α,β-unsaturated/α-hetero) is 1. The van der Waals surface area contributed by atoms with Crippen LogP contribution in [0.25, 0.3) is 0 Å². The van der Waals surface area contributed by atoms with Crippen molar-refractivity contribution in [1.82, 2.24) is 0 Å². The Bertz CT molecular complexity index is 403. The molecule has 120 valence electrons. The molecule has 0 aliphatic heterocycles. The molecule has 0 bridgehead atoms. The van der Waals surface area contributed by atoms with E-state index < -0.39 is 41.9 Å². The largest absolute Gasteiger partial charge is 0.691 e. The quantitative estimate of drug-likeness (QED) is 0.277. The van der Waals surface area contributed by atoms with Crippen molar-refractivity contribution in [3.63, 3.8) is 0 Å². The standard InChI is InChI=1S/C10H12F2O8S/c11-10(12,21-20-19-16)9(15)17-5-8(14)18-7-4-2-1-3-6(7)13/h7,16H,1-5H2/p-1. The molecule has 0 radical (unpaired) electrons. The number of alkyl halides is 2. The molecule has 0 N–H and O–H groups in total. The summed E-state index contributed by atoms with van der Waals surface area (Å²) >= 11 is -0.874. The van der Waals surface area contributed by atoms with Crippen LogP contribution in [0.2, 0.25) is 0 Å². The number of ether oxygens (including phenoxy) is 2. The van der Waals surface area contributed by atoms with E-state index in [1.165, 1.54) is 0 Å². The van der Waals surface area contributed by atoms with Crippen molar-refractivity contribution >= 4 is 29.8 Å². The Hall–Kier alpha value is -1.30. The number of hydrogen-bond acceptors (Lipinski definition) is 9. The third kappa shape index (κ3) is 5.91. The summed E-state index contributed by atoms with van der Waals surface area (Å²) in [6.45, 7) is -1.09. The van der Waals surface area contributed by atoms with E-state index in [-0.39, 0.29) is 12.2 Å². The first-order valence-corrected chi connectivity index (χ1v) is 6.52. The van der Waals surface area contributed by atoms with Crippen LogP contribution in [0.1, 0.15) is 25.7 Å². The summed E-state index contributed by atoms with van der Waals surface area (Å²) in [5, 5.41) is 7.81. The minimum Gasteiger partial charge on any atom is -0.691 e. The van der Waals surface area contributed by atoms with Crippen molar-refractivity contribution in [2.24, 2.45) is 0 Å². The molecule has 0 spiro atoms. The Morgan fingerprint density at radius 2 is 2.10 bits per heavy atom. The molecule has 11 heteroatoms.